The SMILES string of the molecule is CN=C(NCCCCn1c(C)cccc1=O)N1CCN(c2ccc(F)cc2)CC1. The van der Waals surface area contributed by atoms with E-state index in [2.05, 4.69) is 20.1 Å². The third-order valence-electron chi connectivity index (χ3n) is 5.34. The molecule has 0 bridgehead atoms. The second-order valence-electron chi connectivity index (χ2n) is 7.29. The molecule has 2 aromatic rings. The molecular formula is C22H30FN5O. The lowest BCUT2D eigenvalue weighted by atomic mass is 10.2. The first kappa shape index (κ1) is 20.9. The standard InChI is InChI=1S/C22H30FN5O/c1-18-6-5-7-21(29)28(18)13-4-3-12-25-22(24-2)27-16-14-26(15-17-27)20-10-8-19(23)9-11-20/h5-11H,3-4,12-17H2,1-2H3,(H,24,25). The van der Waals surface area contributed by atoms with Crippen LogP contribution in [0.3, 0.4) is 0 Å². The van der Waals surface area contributed by atoms with Crippen LogP contribution in [0, 0.1) is 12.7 Å². The number of halogens is 1. The number of unbranched alkanes of at least 4 members (excludes halogenated alkanes) is 1. The van der Waals surface area contributed by atoms with Gasteiger partial charge in [0.1, 0.15) is 5.82 Å². The zero-order chi connectivity index (χ0) is 20.6. The zero-order valence-corrected chi connectivity index (χ0v) is 17.3. The molecule has 1 aliphatic rings. The first-order valence-corrected chi connectivity index (χ1v) is 10.2. The van der Waals surface area contributed by atoms with Gasteiger partial charge in [-0.25, -0.2) is 4.39 Å². The Balaban J connectivity index is 1.41. The van der Waals surface area contributed by atoms with Gasteiger partial charge in [0.2, 0.25) is 0 Å². The Kier molecular flexibility index (Phi) is 7.27. The third kappa shape index (κ3) is 5.59. The molecule has 0 amide bonds. The predicted octanol–water partition coefficient (Wildman–Crippen LogP) is 2.47. The van der Waals surface area contributed by atoms with Crippen LogP contribution in [0.5, 0.6) is 0 Å². The molecule has 1 aromatic carbocycles. The second-order valence-corrected chi connectivity index (χ2v) is 7.29. The number of aromatic nitrogens is 1. The lowest BCUT2D eigenvalue weighted by Crippen LogP contribution is -2.52. The van der Waals surface area contributed by atoms with Gasteiger partial charge >= 0.3 is 0 Å². The van der Waals surface area contributed by atoms with Crippen LogP contribution in [0.2, 0.25) is 0 Å². The number of rotatable bonds is 6. The van der Waals surface area contributed by atoms with Crippen LogP contribution in [-0.4, -0.2) is 55.2 Å². The number of anilines is 1. The number of nitrogens with one attached hydrogen (secondary N) is 1. The molecule has 1 aliphatic heterocycles. The van der Waals surface area contributed by atoms with Gasteiger partial charge in [0.25, 0.3) is 5.56 Å². The lowest BCUT2D eigenvalue weighted by molar-refractivity contribution is 0.372. The van der Waals surface area contributed by atoms with Crippen molar-refractivity contribution in [2.24, 2.45) is 4.99 Å². The van der Waals surface area contributed by atoms with Crippen LogP contribution in [0.1, 0.15) is 18.5 Å². The quantitative estimate of drug-likeness (QED) is 0.461. The number of pyridine rings is 1. The highest BCUT2D eigenvalue weighted by Crippen LogP contribution is 2.16. The first-order chi connectivity index (χ1) is 14.1. The summed E-state index contributed by atoms with van der Waals surface area (Å²) in [6.45, 7) is 7.02. The van der Waals surface area contributed by atoms with E-state index in [1.165, 1.54) is 12.1 Å². The molecule has 1 N–H and O–H groups in total. The minimum absolute atomic E-state index is 0.0628. The van der Waals surface area contributed by atoms with Crippen molar-refractivity contribution in [3.05, 3.63) is 64.3 Å². The van der Waals surface area contributed by atoms with Crippen LogP contribution in [0.25, 0.3) is 0 Å². The van der Waals surface area contributed by atoms with Crippen LogP contribution >= 0.6 is 0 Å². The van der Waals surface area contributed by atoms with Gasteiger partial charge in [0, 0.05) is 63.8 Å². The molecule has 3 rings (SSSR count). The molecule has 0 atom stereocenters. The summed E-state index contributed by atoms with van der Waals surface area (Å²) in [7, 11) is 1.81. The summed E-state index contributed by atoms with van der Waals surface area (Å²) in [6.07, 6.45) is 1.91. The van der Waals surface area contributed by atoms with Crippen molar-refractivity contribution in [2.75, 3.05) is 44.7 Å². The maximum absolute atomic E-state index is 13.1. The molecule has 6 nitrogen and oxygen atoms in total. The van der Waals surface area contributed by atoms with E-state index >= 15 is 0 Å². The van der Waals surface area contributed by atoms with E-state index in [1.54, 1.807) is 12.1 Å². The average Bonchev–Trinajstić information content (AvgIpc) is 2.73. The Labute approximate surface area is 171 Å². The second kappa shape index (κ2) is 10.1. The topological polar surface area (TPSA) is 52.9 Å². The molecule has 0 saturated carbocycles. The van der Waals surface area contributed by atoms with Crippen molar-refractivity contribution >= 4 is 11.6 Å². The first-order valence-electron chi connectivity index (χ1n) is 10.2. The van der Waals surface area contributed by atoms with Crippen molar-refractivity contribution < 1.29 is 4.39 Å². The Morgan fingerprint density at radius 1 is 1.07 bits per heavy atom. The number of hydrogen-bond acceptors (Lipinski definition) is 3. The predicted molar refractivity (Wildman–Crippen MR) is 116 cm³/mol. The lowest BCUT2D eigenvalue weighted by Gasteiger charge is -2.37. The smallest absolute Gasteiger partial charge is 0.250 e. The normalized spacial score (nSPS) is 14.9. The maximum Gasteiger partial charge on any atom is 0.250 e. The minimum atomic E-state index is -0.204. The van der Waals surface area contributed by atoms with E-state index in [9.17, 15) is 9.18 Å². The van der Waals surface area contributed by atoms with Gasteiger partial charge in [-0.05, 0) is 50.1 Å². The maximum atomic E-state index is 13.1. The number of piperazine rings is 1. The van der Waals surface area contributed by atoms with Crippen LogP contribution in [0.15, 0.2) is 52.3 Å². The molecular weight excluding hydrogens is 369 g/mol. The van der Waals surface area contributed by atoms with Gasteiger partial charge in [0.15, 0.2) is 5.96 Å². The molecule has 0 aliphatic carbocycles. The summed E-state index contributed by atoms with van der Waals surface area (Å²) in [6, 6.07) is 12.1. The summed E-state index contributed by atoms with van der Waals surface area (Å²) in [5, 5.41) is 3.44. The van der Waals surface area contributed by atoms with Gasteiger partial charge < -0.3 is 19.7 Å². The Morgan fingerprint density at radius 2 is 1.79 bits per heavy atom. The number of aliphatic imine (C=N–C) groups is 1. The van der Waals surface area contributed by atoms with Crippen molar-refractivity contribution in [2.45, 2.75) is 26.3 Å². The number of aryl methyl sites for hydroxylation is 1. The van der Waals surface area contributed by atoms with Gasteiger partial charge in [-0.1, -0.05) is 6.07 Å². The van der Waals surface area contributed by atoms with E-state index < -0.39 is 0 Å². The fourth-order valence-electron chi connectivity index (χ4n) is 3.67. The highest BCUT2D eigenvalue weighted by molar-refractivity contribution is 5.80. The van der Waals surface area contributed by atoms with Crippen molar-refractivity contribution in [3.8, 4) is 0 Å². The van der Waals surface area contributed by atoms with Gasteiger partial charge in [-0.15, -0.1) is 0 Å². The monoisotopic (exact) mass is 399 g/mol. The number of guanidine groups is 1. The van der Waals surface area contributed by atoms with Crippen molar-refractivity contribution in [1.82, 2.24) is 14.8 Å². The Hall–Kier alpha value is -2.83. The molecule has 0 spiro atoms. The van der Waals surface area contributed by atoms with Gasteiger partial charge in [-0.2, -0.15) is 0 Å². The fraction of sp³-hybridized carbons (Fsp3) is 0.455. The van der Waals surface area contributed by atoms with Gasteiger partial charge in [-0.3, -0.25) is 9.79 Å². The summed E-state index contributed by atoms with van der Waals surface area (Å²) in [5.74, 6) is 0.709. The molecule has 29 heavy (non-hydrogen) atoms. The van der Waals surface area contributed by atoms with E-state index in [1.807, 2.05) is 36.7 Å². The van der Waals surface area contributed by atoms with Crippen molar-refractivity contribution in [3.63, 3.8) is 0 Å². The summed E-state index contributed by atoms with van der Waals surface area (Å²) in [4.78, 5) is 20.8. The highest BCUT2D eigenvalue weighted by Gasteiger charge is 2.19. The van der Waals surface area contributed by atoms with Crippen LogP contribution < -0.4 is 15.8 Å². The molecule has 1 fully saturated rings. The summed E-state index contributed by atoms with van der Waals surface area (Å²) in [5.41, 5.74) is 2.12. The van der Waals surface area contributed by atoms with Gasteiger partial charge in [0.05, 0.1) is 0 Å². The van der Waals surface area contributed by atoms with Crippen LogP contribution in [-0.2, 0) is 6.54 Å². The van der Waals surface area contributed by atoms with E-state index in [-0.39, 0.29) is 11.4 Å². The molecule has 1 saturated heterocycles. The zero-order valence-electron chi connectivity index (χ0n) is 17.3. The molecule has 2 heterocycles. The van der Waals surface area contributed by atoms with Crippen LogP contribution in [0.4, 0.5) is 10.1 Å². The number of nitrogens with zero attached hydrogens (tertiary/aromatic N) is 4. The minimum Gasteiger partial charge on any atom is -0.368 e. The van der Waals surface area contributed by atoms with E-state index in [4.69, 9.17) is 0 Å². The van der Waals surface area contributed by atoms with Crippen molar-refractivity contribution in [1.29, 1.82) is 0 Å². The fourth-order valence-corrected chi connectivity index (χ4v) is 3.67. The molecule has 156 valence electrons. The summed E-state index contributed by atoms with van der Waals surface area (Å²) < 4.78 is 14.9. The number of hydrogen-bond donors (Lipinski definition) is 1. The number of benzene rings is 1. The highest BCUT2D eigenvalue weighted by atomic mass is 19.1. The Morgan fingerprint density at radius 3 is 2.45 bits per heavy atom. The third-order valence-corrected chi connectivity index (χ3v) is 5.34. The largest absolute Gasteiger partial charge is 0.368 e. The van der Waals surface area contributed by atoms with E-state index in [0.717, 1.165) is 69.5 Å². The van der Waals surface area contributed by atoms with E-state index in [0.29, 0.717) is 0 Å². The molecule has 0 unspecified atom stereocenters. The summed E-state index contributed by atoms with van der Waals surface area (Å²) >= 11 is 0. The molecule has 1 aromatic heterocycles. The molecule has 0 radical (unpaired) electrons. The Bertz CT molecular complexity index is 870. The average molecular weight is 400 g/mol. The molecule has 7 heteroatoms.